The zero-order valence-corrected chi connectivity index (χ0v) is 6.68. The Balaban J connectivity index is 3.39. The van der Waals surface area contributed by atoms with Crippen molar-refractivity contribution in [2.75, 3.05) is 5.73 Å². The van der Waals surface area contributed by atoms with E-state index in [2.05, 4.69) is 6.07 Å². The molecule has 2 heteroatoms. The van der Waals surface area contributed by atoms with E-state index >= 15 is 0 Å². The van der Waals surface area contributed by atoms with Crippen LogP contribution in [0.3, 0.4) is 0 Å². The maximum atomic E-state index is 8.64. The van der Waals surface area contributed by atoms with Crippen LogP contribution < -0.4 is 5.73 Å². The van der Waals surface area contributed by atoms with E-state index in [0.717, 1.165) is 11.1 Å². The van der Waals surface area contributed by atoms with Gasteiger partial charge in [-0.25, -0.2) is 0 Å². The summed E-state index contributed by atoms with van der Waals surface area (Å²) in [4.78, 5) is 0. The molecule has 0 saturated heterocycles. The molecule has 0 spiro atoms. The normalized spacial score (nSPS) is 9.18. The first-order chi connectivity index (χ1) is 5.15. The second kappa shape index (κ2) is 2.63. The molecule has 1 aromatic carbocycles. The minimum Gasteiger partial charge on any atom is -0.397 e. The number of nitrogens with two attached hydrogens (primary N) is 1. The molecule has 0 aliphatic carbocycles. The van der Waals surface area contributed by atoms with Gasteiger partial charge in [-0.05, 0) is 31.0 Å². The first-order valence-corrected chi connectivity index (χ1v) is 3.42. The highest BCUT2D eigenvalue weighted by Gasteiger charge is 2.00. The predicted molar refractivity (Wildman–Crippen MR) is 45.0 cm³/mol. The SMILES string of the molecule is Cc1cc(C)c(N)c(C#N)c1. The Morgan fingerprint density at radius 1 is 1.36 bits per heavy atom. The number of nitriles is 1. The molecule has 0 radical (unpaired) electrons. The maximum Gasteiger partial charge on any atom is 0.101 e. The molecule has 0 amide bonds. The predicted octanol–water partition coefficient (Wildman–Crippen LogP) is 1.76. The Morgan fingerprint density at radius 2 is 2.00 bits per heavy atom. The van der Waals surface area contributed by atoms with Crippen molar-refractivity contribution >= 4 is 5.69 Å². The number of aryl methyl sites for hydroxylation is 2. The number of hydrogen-bond donors (Lipinski definition) is 1. The number of rotatable bonds is 0. The lowest BCUT2D eigenvalue weighted by Crippen LogP contribution is -1.94. The summed E-state index contributed by atoms with van der Waals surface area (Å²) in [7, 11) is 0. The highest BCUT2D eigenvalue weighted by molar-refractivity contribution is 5.60. The van der Waals surface area contributed by atoms with E-state index in [-0.39, 0.29) is 0 Å². The summed E-state index contributed by atoms with van der Waals surface area (Å²) in [5, 5.41) is 8.64. The molecule has 0 saturated carbocycles. The van der Waals surface area contributed by atoms with Gasteiger partial charge in [-0.15, -0.1) is 0 Å². The van der Waals surface area contributed by atoms with Gasteiger partial charge in [0, 0.05) is 0 Å². The minimum absolute atomic E-state index is 0.572. The van der Waals surface area contributed by atoms with Gasteiger partial charge in [0.1, 0.15) is 6.07 Å². The zero-order chi connectivity index (χ0) is 8.43. The molecule has 2 nitrogen and oxygen atoms in total. The van der Waals surface area contributed by atoms with Crippen molar-refractivity contribution in [2.24, 2.45) is 0 Å². The van der Waals surface area contributed by atoms with Crippen molar-refractivity contribution in [3.63, 3.8) is 0 Å². The lowest BCUT2D eigenvalue weighted by molar-refractivity contribution is 1.36. The molecule has 56 valence electrons. The minimum atomic E-state index is 0.572. The standard InChI is InChI=1S/C9H10N2/c1-6-3-7(2)9(11)8(4-6)5-10/h3-4H,11H2,1-2H3. The van der Waals surface area contributed by atoms with E-state index in [4.69, 9.17) is 11.0 Å². The fraction of sp³-hybridized carbons (Fsp3) is 0.222. The summed E-state index contributed by atoms with van der Waals surface area (Å²) >= 11 is 0. The third-order valence-corrected chi connectivity index (χ3v) is 1.65. The molecule has 0 aromatic heterocycles. The van der Waals surface area contributed by atoms with Crippen LogP contribution in [0.4, 0.5) is 5.69 Å². The van der Waals surface area contributed by atoms with Crippen LogP contribution in [0.15, 0.2) is 12.1 Å². The monoisotopic (exact) mass is 146 g/mol. The number of nitrogen functional groups attached to an aromatic ring is 1. The Hall–Kier alpha value is -1.49. The summed E-state index contributed by atoms with van der Waals surface area (Å²) < 4.78 is 0. The molecular weight excluding hydrogens is 136 g/mol. The molecule has 2 N–H and O–H groups in total. The first kappa shape index (κ1) is 7.62. The van der Waals surface area contributed by atoms with Crippen molar-refractivity contribution in [1.82, 2.24) is 0 Å². The number of benzene rings is 1. The summed E-state index contributed by atoms with van der Waals surface area (Å²) in [6.45, 7) is 3.86. The Bertz CT molecular complexity index is 321. The van der Waals surface area contributed by atoms with E-state index in [1.54, 1.807) is 6.07 Å². The number of anilines is 1. The van der Waals surface area contributed by atoms with Crippen LogP contribution >= 0.6 is 0 Å². The van der Waals surface area contributed by atoms with Gasteiger partial charge in [-0.3, -0.25) is 0 Å². The lowest BCUT2D eigenvalue weighted by atomic mass is 10.1. The molecule has 0 fully saturated rings. The molecule has 0 unspecified atom stereocenters. The molecular formula is C9H10N2. The van der Waals surface area contributed by atoms with Crippen LogP contribution in [-0.4, -0.2) is 0 Å². The summed E-state index contributed by atoms with van der Waals surface area (Å²) in [5.74, 6) is 0. The first-order valence-electron chi connectivity index (χ1n) is 3.42. The Morgan fingerprint density at radius 3 is 2.55 bits per heavy atom. The van der Waals surface area contributed by atoms with Gasteiger partial charge in [-0.1, -0.05) is 6.07 Å². The van der Waals surface area contributed by atoms with Crippen LogP contribution in [-0.2, 0) is 0 Å². The van der Waals surface area contributed by atoms with Gasteiger partial charge in [-0.2, -0.15) is 5.26 Å². The number of hydrogen-bond acceptors (Lipinski definition) is 2. The Labute approximate surface area is 66.3 Å². The summed E-state index contributed by atoms with van der Waals surface area (Å²) in [6, 6.07) is 5.81. The topological polar surface area (TPSA) is 49.8 Å². The lowest BCUT2D eigenvalue weighted by Gasteiger charge is -2.02. The van der Waals surface area contributed by atoms with E-state index in [9.17, 15) is 0 Å². The quantitative estimate of drug-likeness (QED) is 0.567. The average molecular weight is 146 g/mol. The van der Waals surface area contributed by atoms with E-state index in [1.807, 2.05) is 19.9 Å². The third-order valence-electron chi connectivity index (χ3n) is 1.65. The van der Waals surface area contributed by atoms with Crippen molar-refractivity contribution in [3.05, 3.63) is 28.8 Å². The average Bonchev–Trinajstić information content (AvgIpc) is 1.96. The van der Waals surface area contributed by atoms with Crippen LogP contribution in [0, 0.1) is 25.2 Å². The third kappa shape index (κ3) is 1.32. The smallest absolute Gasteiger partial charge is 0.101 e. The second-order valence-electron chi connectivity index (χ2n) is 2.65. The van der Waals surface area contributed by atoms with Crippen LogP contribution in [0.1, 0.15) is 16.7 Å². The Kier molecular flexibility index (Phi) is 1.82. The fourth-order valence-corrected chi connectivity index (χ4v) is 1.07. The maximum absolute atomic E-state index is 8.64. The molecule has 0 bridgehead atoms. The molecule has 0 aliphatic heterocycles. The molecule has 11 heavy (non-hydrogen) atoms. The van der Waals surface area contributed by atoms with Crippen molar-refractivity contribution in [2.45, 2.75) is 13.8 Å². The summed E-state index contributed by atoms with van der Waals surface area (Å²) in [6.07, 6.45) is 0. The van der Waals surface area contributed by atoms with Gasteiger partial charge < -0.3 is 5.73 Å². The van der Waals surface area contributed by atoms with Gasteiger partial charge in [0.2, 0.25) is 0 Å². The highest BCUT2D eigenvalue weighted by atomic mass is 14.6. The summed E-state index contributed by atoms with van der Waals surface area (Å²) in [5.41, 5.74) is 8.86. The molecule has 1 rings (SSSR count). The van der Waals surface area contributed by atoms with E-state index < -0.39 is 0 Å². The fourth-order valence-electron chi connectivity index (χ4n) is 1.07. The van der Waals surface area contributed by atoms with E-state index in [1.165, 1.54) is 0 Å². The van der Waals surface area contributed by atoms with E-state index in [0.29, 0.717) is 11.3 Å². The van der Waals surface area contributed by atoms with Crippen LogP contribution in [0.2, 0.25) is 0 Å². The van der Waals surface area contributed by atoms with Gasteiger partial charge in [0.15, 0.2) is 0 Å². The molecule has 0 atom stereocenters. The van der Waals surface area contributed by atoms with Gasteiger partial charge >= 0.3 is 0 Å². The molecule has 0 aliphatic rings. The van der Waals surface area contributed by atoms with Crippen molar-refractivity contribution < 1.29 is 0 Å². The van der Waals surface area contributed by atoms with Gasteiger partial charge in [0.25, 0.3) is 0 Å². The van der Waals surface area contributed by atoms with Crippen LogP contribution in [0.5, 0.6) is 0 Å². The second-order valence-corrected chi connectivity index (χ2v) is 2.65. The molecule has 0 heterocycles. The van der Waals surface area contributed by atoms with Crippen LogP contribution in [0.25, 0.3) is 0 Å². The zero-order valence-electron chi connectivity index (χ0n) is 6.68. The van der Waals surface area contributed by atoms with Crippen molar-refractivity contribution in [3.8, 4) is 6.07 Å². The highest BCUT2D eigenvalue weighted by Crippen LogP contribution is 2.17. The van der Waals surface area contributed by atoms with Crippen molar-refractivity contribution in [1.29, 1.82) is 5.26 Å². The van der Waals surface area contributed by atoms with Gasteiger partial charge in [0.05, 0.1) is 11.3 Å². The molecule has 1 aromatic rings. The largest absolute Gasteiger partial charge is 0.397 e. The number of nitrogens with zero attached hydrogens (tertiary/aromatic N) is 1.